The van der Waals surface area contributed by atoms with Crippen LogP contribution in [0.5, 0.6) is 0 Å². The minimum absolute atomic E-state index is 0.266. The molecule has 0 atom stereocenters. The Morgan fingerprint density at radius 1 is 1.60 bits per heavy atom. The second-order valence-corrected chi connectivity index (χ2v) is 2.72. The summed E-state index contributed by atoms with van der Waals surface area (Å²) in [5, 5.41) is 10.4. The molecule has 0 unspecified atom stereocenters. The first-order chi connectivity index (χ1) is 4.54. The lowest BCUT2D eigenvalue weighted by Gasteiger charge is -2.23. The van der Waals surface area contributed by atoms with Crippen molar-refractivity contribution in [1.29, 1.82) is 0 Å². The van der Waals surface area contributed by atoms with Crippen LogP contribution in [-0.2, 0) is 4.79 Å². The number of likely N-dealkylation sites (N-methyl/N-ethyl adjacent to an activating group) is 1. The second kappa shape index (κ2) is 1.95. The van der Waals surface area contributed by atoms with E-state index in [1.165, 1.54) is 0 Å². The number of nitrogens with zero attached hydrogens (tertiary/aromatic N) is 1. The lowest BCUT2D eigenvalue weighted by atomic mass is 10.4. The minimum Gasteiger partial charge on any atom is -0.540 e. The number of carboxylic acids is 1. The molecule has 0 fully saturated rings. The normalized spacial score (nSPS) is 20.8. The molecule has 0 saturated heterocycles. The second-order valence-electron chi connectivity index (χ2n) is 2.72. The van der Waals surface area contributed by atoms with Crippen LogP contribution in [0.4, 0.5) is 0 Å². The largest absolute Gasteiger partial charge is 0.540 e. The van der Waals surface area contributed by atoms with Crippen LogP contribution in [-0.4, -0.2) is 24.5 Å². The van der Waals surface area contributed by atoms with Gasteiger partial charge >= 0.3 is 0 Å². The van der Waals surface area contributed by atoms with Gasteiger partial charge in [-0.05, 0) is 6.08 Å². The van der Waals surface area contributed by atoms with Crippen molar-refractivity contribution in [2.75, 3.05) is 14.1 Å². The third kappa shape index (κ3) is 0.953. The van der Waals surface area contributed by atoms with Crippen LogP contribution in [0.1, 0.15) is 0 Å². The van der Waals surface area contributed by atoms with Gasteiger partial charge in [0.25, 0.3) is 0 Å². The van der Waals surface area contributed by atoms with Gasteiger partial charge in [0, 0.05) is 6.08 Å². The van der Waals surface area contributed by atoms with Gasteiger partial charge in [-0.1, -0.05) is 0 Å². The number of aliphatic carboxylic acids is 1. The van der Waals surface area contributed by atoms with Crippen LogP contribution in [0.15, 0.2) is 24.0 Å². The Bertz CT molecular complexity index is 226. The molecule has 0 radical (unpaired) electrons. The zero-order valence-corrected chi connectivity index (χ0v) is 6.00. The van der Waals surface area contributed by atoms with Crippen LogP contribution >= 0.6 is 0 Å². The summed E-state index contributed by atoms with van der Waals surface area (Å²) in [5.74, 6) is -1.10. The summed E-state index contributed by atoms with van der Waals surface area (Å²) >= 11 is 0. The highest BCUT2D eigenvalue weighted by molar-refractivity contribution is 5.83. The predicted molar refractivity (Wildman–Crippen MR) is 34.3 cm³/mol. The molecule has 1 rings (SSSR count). The molecule has 0 N–H and O–H groups in total. The third-order valence-electron chi connectivity index (χ3n) is 1.54. The predicted octanol–water partition coefficient (Wildman–Crippen LogP) is -0.776. The van der Waals surface area contributed by atoms with E-state index >= 15 is 0 Å². The van der Waals surface area contributed by atoms with Crippen LogP contribution in [0, 0.1) is 0 Å². The summed E-state index contributed by atoms with van der Waals surface area (Å²) in [6.45, 7) is 0. The van der Waals surface area contributed by atoms with Gasteiger partial charge in [0.1, 0.15) is 12.2 Å². The van der Waals surface area contributed by atoms with Crippen molar-refractivity contribution in [2.45, 2.75) is 0 Å². The number of hydrogen-bond acceptors (Lipinski definition) is 2. The van der Waals surface area contributed by atoms with Crippen molar-refractivity contribution in [1.82, 2.24) is 0 Å². The minimum atomic E-state index is -1.10. The number of allylic oxidation sites excluding steroid dienone is 2. The van der Waals surface area contributed by atoms with Gasteiger partial charge in [-0.25, -0.2) is 0 Å². The summed E-state index contributed by atoms with van der Waals surface area (Å²) in [7, 11) is 3.57. The number of quaternary nitrogens is 1. The molecular formula is C7H9NO2. The van der Waals surface area contributed by atoms with Crippen LogP contribution < -0.4 is 5.11 Å². The SMILES string of the molecule is C[N+]1(C)C=CC=C1C(=O)[O-]. The molecule has 0 spiro atoms. The Kier molecular flexibility index (Phi) is 1.37. The summed E-state index contributed by atoms with van der Waals surface area (Å²) in [6.07, 6.45) is 5.05. The van der Waals surface area contributed by atoms with Gasteiger partial charge in [-0.2, -0.15) is 0 Å². The highest BCUT2D eigenvalue weighted by Crippen LogP contribution is 2.17. The smallest absolute Gasteiger partial charge is 0.160 e. The molecule has 0 amide bonds. The summed E-state index contributed by atoms with van der Waals surface area (Å²) in [5.41, 5.74) is 0.292. The van der Waals surface area contributed by atoms with Crippen molar-refractivity contribution in [3.8, 4) is 0 Å². The topological polar surface area (TPSA) is 40.1 Å². The van der Waals surface area contributed by atoms with Gasteiger partial charge in [0.2, 0.25) is 0 Å². The molecule has 3 heteroatoms. The van der Waals surface area contributed by atoms with E-state index in [0.717, 1.165) is 0 Å². The average molecular weight is 139 g/mol. The van der Waals surface area contributed by atoms with Gasteiger partial charge in [0.15, 0.2) is 5.70 Å². The van der Waals surface area contributed by atoms with E-state index in [9.17, 15) is 9.90 Å². The standard InChI is InChI=1S/C7H9NO2/c1-8(2)5-3-4-6(8)7(9)10/h3-5H,1-2H3. The fourth-order valence-electron chi connectivity index (χ4n) is 0.925. The molecule has 0 bridgehead atoms. The number of rotatable bonds is 1. The van der Waals surface area contributed by atoms with Gasteiger partial charge in [-0.3, -0.25) is 4.48 Å². The molecule has 10 heavy (non-hydrogen) atoms. The van der Waals surface area contributed by atoms with E-state index in [-0.39, 0.29) is 4.48 Å². The molecule has 0 aromatic heterocycles. The lowest BCUT2D eigenvalue weighted by Crippen LogP contribution is -2.40. The first-order valence-corrected chi connectivity index (χ1v) is 2.99. The Labute approximate surface area is 59.5 Å². The summed E-state index contributed by atoms with van der Waals surface area (Å²) in [6, 6.07) is 0. The van der Waals surface area contributed by atoms with Gasteiger partial charge < -0.3 is 9.90 Å². The molecule has 1 aliphatic rings. The van der Waals surface area contributed by atoms with E-state index in [1.54, 1.807) is 32.4 Å². The Morgan fingerprint density at radius 2 is 2.20 bits per heavy atom. The van der Waals surface area contributed by atoms with Crippen LogP contribution in [0.3, 0.4) is 0 Å². The summed E-state index contributed by atoms with van der Waals surface area (Å²) < 4.78 is 0.266. The average Bonchev–Trinajstić information content (AvgIpc) is 2.08. The lowest BCUT2D eigenvalue weighted by molar-refractivity contribution is -0.793. The molecule has 0 aliphatic carbocycles. The molecule has 0 aromatic rings. The monoisotopic (exact) mass is 139 g/mol. The van der Waals surface area contributed by atoms with E-state index in [0.29, 0.717) is 5.70 Å². The quantitative estimate of drug-likeness (QED) is 0.447. The Balaban J connectivity index is 2.93. The fraction of sp³-hybridized carbons (Fsp3) is 0.286. The highest BCUT2D eigenvalue weighted by atomic mass is 16.4. The van der Waals surface area contributed by atoms with Gasteiger partial charge in [0.05, 0.1) is 14.1 Å². The van der Waals surface area contributed by atoms with Crippen molar-refractivity contribution in [2.24, 2.45) is 0 Å². The highest BCUT2D eigenvalue weighted by Gasteiger charge is 2.23. The third-order valence-corrected chi connectivity index (χ3v) is 1.54. The number of carbonyl (C=O) groups is 1. The van der Waals surface area contributed by atoms with Crippen molar-refractivity contribution < 1.29 is 14.4 Å². The first kappa shape index (κ1) is 7.02. The molecule has 0 aromatic carbocycles. The molecule has 54 valence electrons. The zero-order valence-electron chi connectivity index (χ0n) is 6.00. The van der Waals surface area contributed by atoms with E-state index in [4.69, 9.17) is 0 Å². The van der Waals surface area contributed by atoms with Crippen LogP contribution in [0.2, 0.25) is 0 Å². The molecule has 0 saturated carbocycles. The van der Waals surface area contributed by atoms with Gasteiger partial charge in [-0.15, -0.1) is 0 Å². The van der Waals surface area contributed by atoms with Crippen LogP contribution in [0.25, 0.3) is 0 Å². The number of carboxylic acid groups (broad SMARTS) is 1. The van der Waals surface area contributed by atoms with Crippen molar-refractivity contribution in [3.05, 3.63) is 24.0 Å². The van der Waals surface area contributed by atoms with E-state index in [1.807, 2.05) is 0 Å². The molecule has 1 heterocycles. The van der Waals surface area contributed by atoms with E-state index < -0.39 is 5.97 Å². The van der Waals surface area contributed by atoms with Crippen molar-refractivity contribution in [3.63, 3.8) is 0 Å². The van der Waals surface area contributed by atoms with Crippen molar-refractivity contribution >= 4 is 5.97 Å². The molecule has 3 nitrogen and oxygen atoms in total. The zero-order chi connectivity index (χ0) is 7.78. The first-order valence-electron chi connectivity index (χ1n) is 2.99. The maximum absolute atomic E-state index is 10.4. The maximum atomic E-state index is 10.4. The summed E-state index contributed by atoms with van der Waals surface area (Å²) in [4.78, 5) is 10.4. The number of hydrogen-bond donors (Lipinski definition) is 0. The molecular weight excluding hydrogens is 130 g/mol. The molecule has 1 aliphatic heterocycles. The number of carbonyl (C=O) groups excluding carboxylic acids is 1. The van der Waals surface area contributed by atoms with E-state index in [2.05, 4.69) is 0 Å². The maximum Gasteiger partial charge on any atom is 0.160 e. The Morgan fingerprint density at radius 3 is 2.40 bits per heavy atom. The fourth-order valence-corrected chi connectivity index (χ4v) is 0.925. The Hall–Kier alpha value is -1.09.